The first-order chi connectivity index (χ1) is 12.8. The van der Waals surface area contributed by atoms with E-state index in [2.05, 4.69) is 15.0 Å². The molecule has 0 fully saturated rings. The first kappa shape index (κ1) is 18.6. The summed E-state index contributed by atoms with van der Waals surface area (Å²) in [5.74, 6) is 0.761. The Hall–Kier alpha value is -3.16. The van der Waals surface area contributed by atoms with Crippen molar-refractivity contribution in [2.45, 2.75) is 20.0 Å². The third-order valence-electron chi connectivity index (χ3n) is 3.79. The fraction of sp³-hybridized carbons (Fsp3) is 0.211. The van der Waals surface area contributed by atoms with E-state index in [1.807, 2.05) is 19.1 Å². The molecule has 3 heterocycles. The molecule has 0 unspecified atom stereocenters. The van der Waals surface area contributed by atoms with Crippen LogP contribution in [0.4, 0.5) is 13.2 Å². The Labute approximate surface area is 153 Å². The van der Waals surface area contributed by atoms with Gasteiger partial charge >= 0.3 is 6.18 Å². The molecule has 0 bridgehead atoms. The fourth-order valence-corrected chi connectivity index (χ4v) is 2.58. The summed E-state index contributed by atoms with van der Waals surface area (Å²) in [5, 5.41) is 0. The highest BCUT2D eigenvalue weighted by molar-refractivity contribution is 5.73. The van der Waals surface area contributed by atoms with Crippen LogP contribution in [0.2, 0.25) is 0 Å². The van der Waals surface area contributed by atoms with Gasteiger partial charge in [0.1, 0.15) is 11.4 Å². The fourth-order valence-electron chi connectivity index (χ4n) is 2.58. The molecule has 3 aromatic heterocycles. The summed E-state index contributed by atoms with van der Waals surface area (Å²) < 4.78 is 49.7. The van der Waals surface area contributed by atoms with Gasteiger partial charge in [-0.15, -0.1) is 0 Å². The molecule has 0 aromatic carbocycles. The van der Waals surface area contributed by atoms with Gasteiger partial charge in [0.15, 0.2) is 0 Å². The first-order valence-electron chi connectivity index (χ1n) is 7.98. The van der Waals surface area contributed by atoms with Crippen molar-refractivity contribution >= 4 is 0 Å². The first-order valence-corrected chi connectivity index (χ1v) is 7.98. The SMILES string of the molecule is COc1nc(C)ccc1-c1cccnc1Oc1cnc(C(F)(F)F)c(C)c1. The summed E-state index contributed by atoms with van der Waals surface area (Å²) >= 11 is 0. The second-order valence-corrected chi connectivity index (χ2v) is 5.80. The summed E-state index contributed by atoms with van der Waals surface area (Å²) in [5.41, 5.74) is 1.05. The van der Waals surface area contributed by atoms with Gasteiger partial charge in [-0.1, -0.05) is 0 Å². The topological polar surface area (TPSA) is 57.1 Å². The lowest BCUT2D eigenvalue weighted by Gasteiger charge is -2.14. The molecule has 3 aromatic rings. The zero-order chi connectivity index (χ0) is 19.6. The number of hydrogen-bond donors (Lipinski definition) is 0. The molecule has 0 saturated heterocycles. The second-order valence-electron chi connectivity index (χ2n) is 5.80. The van der Waals surface area contributed by atoms with E-state index in [-0.39, 0.29) is 17.2 Å². The molecule has 0 saturated carbocycles. The molecular weight excluding hydrogens is 359 g/mol. The minimum Gasteiger partial charge on any atom is -0.481 e. The number of rotatable bonds is 4. The van der Waals surface area contributed by atoms with Crippen molar-refractivity contribution in [2.75, 3.05) is 7.11 Å². The minimum atomic E-state index is -4.51. The number of aryl methyl sites for hydroxylation is 2. The second kappa shape index (κ2) is 7.22. The maximum atomic E-state index is 12.9. The predicted octanol–water partition coefficient (Wildman–Crippen LogP) is 4.98. The van der Waals surface area contributed by atoms with E-state index in [0.29, 0.717) is 17.0 Å². The summed E-state index contributed by atoms with van der Waals surface area (Å²) in [6, 6.07) is 8.40. The Balaban J connectivity index is 2.00. The lowest BCUT2D eigenvalue weighted by molar-refractivity contribution is -0.141. The number of aromatic nitrogens is 3. The number of alkyl halides is 3. The average Bonchev–Trinajstić information content (AvgIpc) is 2.61. The Morgan fingerprint density at radius 1 is 0.963 bits per heavy atom. The van der Waals surface area contributed by atoms with Crippen LogP contribution < -0.4 is 9.47 Å². The number of methoxy groups -OCH3 is 1. The average molecular weight is 375 g/mol. The maximum Gasteiger partial charge on any atom is 0.433 e. The Morgan fingerprint density at radius 2 is 1.70 bits per heavy atom. The van der Waals surface area contributed by atoms with Gasteiger partial charge in [-0.25, -0.2) is 15.0 Å². The van der Waals surface area contributed by atoms with Gasteiger partial charge in [-0.2, -0.15) is 13.2 Å². The predicted molar refractivity (Wildman–Crippen MR) is 92.8 cm³/mol. The number of ether oxygens (including phenoxy) is 2. The zero-order valence-corrected chi connectivity index (χ0v) is 14.8. The molecule has 8 heteroatoms. The molecule has 0 N–H and O–H groups in total. The van der Waals surface area contributed by atoms with Gasteiger partial charge in [0.25, 0.3) is 0 Å². The molecule has 0 aliphatic heterocycles. The molecule has 0 spiro atoms. The van der Waals surface area contributed by atoms with Crippen molar-refractivity contribution in [1.29, 1.82) is 0 Å². The smallest absolute Gasteiger partial charge is 0.433 e. The normalized spacial score (nSPS) is 11.3. The number of hydrogen-bond acceptors (Lipinski definition) is 5. The lowest BCUT2D eigenvalue weighted by atomic mass is 10.1. The van der Waals surface area contributed by atoms with Crippen LogP contribution in [0.1, 0.15) is 17.0 Å². The molecular formula is C19H16F3N3O2. The van der Waals surface area contributed by atoms with Crippen LogP contribution in [-0.2, 0) is 6.18 Å². The molecule has 0 aliphatic rings. The van der Waals surface area contributed by atoms with Crippen LogP contribution in [0.15, 0.2) is 42.7 Å². The van der Waals surface area contributed by atoms with E-state index in [1.165, 1.54) is 26.3 Å². The van der Waals surface area contributed by atoms with Crippen LogP contribution >= 0.6 is 0 Å². The van der Waals surface area contributed by atoms with Crippen LogP contribution in [0, 0.1) is 13.8 Å². The van der Waals surface area contributed by atoms with Crippen LogP contribution in [0.5, 0.6) is 17.5 Å². The molecule has 3 rings (SSSR count). The van der Waals surface area contributed by atoms with Crippen molar-refractivity contribution in [2.24, 2.45) is 0 Å². The highest BCUT2D eigenvalue weighted by Gasteiger charge is 2.34. The quantitative estimate of drug-likeness (QED) is 0.644. The van der Waals surface area contributed by atoms with Gasteiger partial charge in [0, 0.05) is 23.0 Å². The van der Waals surface area contributed by atoms with Crippen molar-refractivity contribution in [3.8, 4) is 28.6 Å². The third kappa shape index (κ3) is 3.99. The monoisotopic (exact) mass is 375 g/mol. The molecule has 0 radical (unpaired) electrons. The lowest BCUT2D eigenvalue weighted by Crippen LogP contribution is -2.10. The van der Waals surface area contributed by atoms with E-state index >= 15 is 0 Å². The zero-order valence-electron chi connectivity index (χ0n) is 14.8. The third-order valence-corrected chi connectivity index (χ3v) is 3.79. The van der Waals surface area contributed by atoms with Crippen LogP contribution in [0.3, 0.4) is 0 Å². The number of nitrogens with zero attached hydrogens (tertiary/aromatic N) is 3. The van der Waals surface area contributed by atoms with Crippen molar-refractivity contribution < 1.29 is 22.6 Å². The number of pyridine rings is 3. The van der Waals surface area contributed by atoms with Gasteiger partial charge in [-0.3, -0.25) is 0 Å². The molecule has 0 amide bonds. The van der Waals surface area contributed by atoms with Gasteiger partial charge in [0.2, 0.25) is 11.8 Å². The Kier molecular flexibility index (Phi) is 4.98. The molecule has 0 atom stereocenters. The highest BCUT2D eigenvalue weighted by atomic mass is 19.4. The molecule has 5 nitrogen and oxygen atoms in total. The Morgan fingerprint density at radius 3 is 2.37 bits per heavy atom. The van der Waals surface area contributed by atoms with Crippen molar-refractivity contribution in [1.82, 2.24) is 15.0 Å². The molecule has 27 heavy (non-hydrogen) atoms. The van der Waals surface area contributed by atoms with E-state index in [4.69, 9.17) is 9.47 Å². The van der Waals surface area contributed by atoms with Gasteiger partial charge in [0.05, 0.1) is 13.3 Å². The standard InChI is InChI=1S/C19H16F3N3O2/c1-11-9-13(10-24-16(11)19(20,21)22)27-17-14(5-4-8-23-17)15-7-6-12(2)25-18(15)26-3/h4-10H,1-3H3. The molecule has 0 aliphatic carbocycles. The van der Waals surface area contributed by atoms with E-state index in [1.54, 1.807) is 12.1 Å². The highest BCUT2D eigenvalue weighted by Crippen LogP contribution is 2.37. The van der Waals surface area contributed by atoms with Gasteiger partial charge < -0.3 is 9.47 Å². The summed E-state index contributed by atoms with van der Waals surface area (Å²) in [6.07, 6.45) is -1.96. The van der Waals surface area contributed by atoms with Gasteiger partial charge in [-0.05, 0) is 49.7 Å². The summed E-state index contributed by atoms with van der Waals surface area (Å²) in [4.78, 5) is 12.0. The van der Waals surface area contributed by atoms with E-state index in [0.717, 1.165) is 11.9 Å². The van der Waals surface area contributed by atoms with E-state index < -0.39 is 11.9 Å². The maximum absolute atomic E-state index is 12.9. The van der Waals surface area contributed by atoms with Crippen molar-refractivity contribution in [3.63, 3.8) is 0 Å². The van der Waals surface area contributed by atoms with Crippen LogP contribution in [-0.4, -0.2) is 22.1 Å². The van der Waals surface area contributed by atoms with E-state index in [9.17, 15) is 13.2 Å². The van der Waals surface area contributed by atoms with Crippen LogP contribution in [0.25, 0.3) is 11.1 Å². The summed E-state index contributed by atoms with van der Waals surface area (Å²) in [7, 11) is 1.51. The van der Waals surface area contributed by atoms with Crippen molar-refractivity contribution in [3.05, 3.63) is 59.7 Å². The number of halogens is 3. The minimum absolute atomic E-state index is 0.0351. The largest absolute Gasteiger partial charge is 0.481 e. The molecule has 140 valence electrons. The Bertz CT molecular complexity index is 975. The summed E-state index contributed by atoms with van der Waals surface area (Å²) in [6.45, 7) is 3.17.